The monoisotopic (exact) mass is 362 g/mol. The van der Waals surface area contributed by atoms with Gasteiger partial charge < -0.3 is 14.7 Å². The van der Waals surface area contributed by atoms with Crippen molar-refractivity contribution in [2.45, 2.75) is 19.6 Å². The summed E-state index contributed by atoms with van der Waals surface area (Å²) >= 11 is 5.99. The van der Waals surface area contributed by atoms with E-state index in [2.05, 4.69) is 19.8 Å². The molecule has 0 aliphatic carbocycles. The number of aromatic nitrogens is 2. The molecule has 3 rings (SSSR count). The Morgan fingerprint density at radius 3 is 2.76 bits per heavy atom. The minimum absolute atomic E-state index is 0.297. The van der Waals surface area contributed by atoms with E-state index in [9.17, 15) is 5.11 Å². The molecule has 0 saturated carbocycles. The molecule has 1 aromatic carbocycles. The Hall–Kier alpha value is -1.89. The van der Waals surface area contributed by atoms with Crippen LogP contribution in [-0.4, -0.2) is 58.8 Å². The average molecular weight is 363 g/mol. The minimum Gasteiger partial charge on any atom is -0.472 e. The summed E-state index contributed by atoms with van der Waals surface area (Å²) in [6.07, 6.45) is 3.09. The summed E-state index contributed by atoms with van der Waals surface area (Å²) in [5.74, 6) is 1.32. The third kappa shape index (κ3) is 5.29. The lowest BCUT2D eigenvalue weighted by Crippen LogP contribution is -2.48. The van der Waals surface area contributed by atoms with Crippen LogP contribution in [0.2, 0.25) is 5.02 Å². The number of benzene rings is 1. The number of aliphatic hydroxyl groups excluding tert-OH is 1. The number of halogens is 1. The number of ether oxygens (including phenoxy) is 1. The Kier molecular flexibility index (Phi) is 6.07. The number of piperazine rings is 1. The Morgan fingerprint density at radius 2 is 2.04 bits per heavy atom. The van der Waals surface area contributed by atoms with Crippen molar-refractivity contribution < 1.29 is 9.84 Å². The highest BCUT2D eigenvalue weighted by molar-refractivity contribution is 6.30. The van der Waals surface area contributed by atoms with E-state index in [1.165, 1.54) is 0 Å². The van der Waals surface area contributed by atoms with Crippen LogP contribution in [-0.2, 0) is 6.61 Å². The second-order valence-corrected chi connectivity index (χ2v) is 6.71. The number of nitrogens with zero attached hydrogens (tertiary/aromatic N) is 4. The van der Waals surface area contributed by atoms with E-state index < -0.39 is 0 Å². The lowest BCUT2D eigenvalue weighted by Gasteiger charge is -2.35. The summed E-state index contributed by atoms with van der Waals surface area (Å²) in [5, 5.41) is 10.2. The molecule has 1 atom stereocenters. The zero-order chi connectivity index (χ0) is 17.6. The predicted molar refractivity (Wildman–Crippen MR) is 98.1 cm³/mol. The molecule has 0 amide bonds. The molecule has 0 bridgehead atoms. The molecule has 1 aliphatic rings. The summed E-state index contributed by atoms with van der Waals surface area (Å²) in [7, 11) is 0. The van der Waals surface area contributed by atoms with Crippen LogP contribution in [0.1, 0.15) is 12.5 Å². The summed E-state index contributed by atoms with van der Waals surface area (Å²) in [4.78, 5) is 13.3. The Bertz CT molecular complexity index is 690. The number of β-amino-alcohol motifs (C(OH)–C–C–N with tert-alkyl or cyclic N) is 1. The van der Waals surface area contributed by atoms with Gasteiger partial charge in [0.1, 0.15) is 6.61 Å². The van der Waals surface area contributed by atoms with E-state index >= 15 is 0 Å². The number of hydrogen-bond acceptors (Lipinski definition) is 6. The first-order valence-corrected chi connectivity index (χ1v) is 8.82. The zero-order valence-corrected chi connectivity index (χ0v) is 15.1. The van der Waals surface area contributed by atoms with Gasteiger partial charge in [0.25, 0.3) is 0 Å². The van der Waals surface area contributed by atoms with E-state index in [4.69, 9.17) is 16.3 Å². The fourth-order valence-electron chi connectivity index (χ4n) is 2.88. The van der Waals surface area contributed by atoms with Gasteiger partial charge in [-0.05, 0) is 24.6 Å². The number of hydrogen-bond donors (Lipinski definition) is 1. The third-order valence-corrected chi connectivity index (χ3v) is 4.33. The van der Waals surface area contributed by atoms with Crippen LogP contribution in [0.4, 0.5) is 5.82 Å². The van der Waals surface area contributed by atoms with Crippen LogP contribution in [0.25, 0.3) is 0 Å². The maximum Gasteiger partial charge on any atom is 0.234 e. The van der Waals surface area contributed by atoms with Gasteiger partial charge in [0.15, 0.2) is 5.82 Å². The lowest BCUT2D eigenvalue weighted by atomic mass is 10.2. The van der Waals surface area contributed by atoms with E-state index in [-0.39, 0.29) is 6.10 Å². The van der Waals surface area contributed by atoms with Crippen LogP contribution in [0, 0.1) is 0 Å². The molecule has 7 heteroatoms. The van der Waals surface area contributed by atoms with E-state index in [1.807, 2.05) is 31.2 Å². The molecule has 1 aliphatic heterocycles. The normalized spacial score (nSPS) is 16.7. The van der Waals surface area contributed by atoms with Crippen molar-refractivity contribution in [3.63, 3.8) is 0 Å². The molecular weight excluding hydrogens is 340 g/mol. The van der Waals surface area contributed by atoms with Crippen molar-refractivity contribution in [2.24, 2.45) is 0 Å². The van der Waals surface area contributed by atoms with Gasteiger partial charge in [-0.25, -0.2) is 0 Å². The lowest BCUT2D eigenvalue weighted by molar-refractivity contribution is 0.122. The molecule has 6 nitrogen and oxygen atoms in total. The highest BCUT2D eigenvalue weighted by Crippen LogP contribution is 2.18. The first-order chi connectivity index (χ1) is 12.1. The summed E-state index contributed by atoms with van der Waals surface area (Å²) in [6.45, 7) is 6.46. The standard InChI is InChI=1S/C18H23ClN4O2/c1-14(24)12-22-5-7-23(8-6-22)17-10-20-11-18(21-17)25-13-15-3-2-4-16(19)9-15/h2-4,9-11,14,24H,5-8,12-13H2,1H3/t14-/m1/s1. The fourth-order valence-corrected chi connectivity index (χ4v) is 3.09. The van der Waals surface area contributed by atoms with Crippen LogP contribution < -0.4 is 9.64 Å². The van der Waals surface area contributed by atoms with Crippen molar-refractivity contribution in [3.8, 4) is 5.88 Å². The molecule has 1 saturated heterocycles. The zero-order valence-electron chi connectivity index (χ0n) is 14.3. The van der Waals surface area contributed by atoms with Gasteiger partial charge in [-0.3, -0.25) is 9.88 Å². The van der Waals surface area contributed by atoms with E-state index in [0.717, 1.165) is 37.6 Å². The summed E-state index contributed by atoms with van der Waals surface area (Å²) in [6, 6.07) is 7.57. The van der Waals surface area contributed by atoms with Crippen molar-refractivity contribution in [3.05, 3.63) is 47.2 Å². The van der Waals surface area contributed by atoms with Crippen LogP contribution in [0.5, 0.6) is 5.88 Å². The minimum atomic E-state index is -0.297. The van der Waals surface area contributed by atoms with Gasteiger partial charge in [-0.15, -0.1) is 0 Å². The topological polar surface area (TPSA) is 61.7 Å². The number of aliphatic hydroxyl groups is 1. The second kappa shape index (κ2) is 8.47. The molecule has 25 heavy (non-hydrogen) atoms. The highest BCUT2D eigenvalue weighted by atomic mass is 35.5. The number of rotatable bonds is 6. The Morgan fingerprint density at radius 1 is 1.24 bits per heavy atom. The maximum atomic E-state index is 9.49. The molecule has 134 valence electrons. The molecule has 0 unspecified atom stereocenters. The smallest absolute Gasteiger partial charge is 0.234 e. The van der Waals surface area contributed by atoms with Gasteiger partial charge in [0.2, 0.25) is 5.88 Å². The van der Waals surface area contributed by atoms with E-state index in [1.54, 1.807) is 12.4 Å². The molecular formula is C18H23ClN4O2. The highest BCUT2D eigenvalue weighted by Gasteiger charge is 2.19. The second-order valence-electron chi connectivity index (χ2n) is 6.27. The first kappa shape index (κ1) is 17.9. The first-order valence-electron chi connectivity index (χ1n) is 8.45. The quantitative estimate of drug-likeness (QED) is 0.850. The van der Waals surface area contributed by atoms with Crippen molar-refractivity contribution in [1.29, 1.82) is 0 Å². The van der Waals surface area contributed by atoms with Gasteiger partial charge in [0.05, 0.1) is 18.5 Å². The molecule has 2 aromatic rings. The maximum absolute atomic E-state index is 9.49. The van der Waals surface area contributed by atoms with Crippen molar-refractivity contribution in [2.75, 3.05) is 37.6 Å². The molecule has 1 aromatic heterocycles. The van der Waals surface area contributed by atoms with Crippen molar-refractivity contribution >= 4 is 17.4 Å². The largest absolute Gasteiger partial charge is 0.472 e. The van der Waals surface area contributed by atoms with Gasteiger partial charge in [0, 0.05) is 37.7 Å². The van der Waals surface area contributed by atoms with E-state index in [0.29, 0.717) is 24.1 Å². The fraction of sp³-hybridized carbons (Fsp3) is 0.444. The number of anilines is 1. The molecule has 1 fully saturated rings. The van der Waals surface area contributed by atoms with Crippen molar-refractivity contribution in [1.82, 2.24) is 14.9 Å². The van der Waals surface area contributed by atoms with Gasteiger partial charge in [-0.1, -0.05) is 23.7 Å². The van der Waals surface area contributed by atoms with Crippen LogP contribution >= 0.6 is 11.6 Å². The van der Waals surface area contributed by atoms with Gasteiger partial charge >= 0.3 is 0 Å². The molecule has 1 N–H and O–H groups in total. The Labute approximate surface area is 153 Å². The molecule has 0 spiro atoms. The van der Waals surface area contributed by atoms with Crippen LogP contribution in [0.15, 0.2) is 36.7 Å². The predicted octanol–water partition coefficient (Wildman–Crippen LogP) is 2.21. The SMILES string of the molecule is C[C@@H](O)CN1CCN(c2cncc(OCc3cccc(Cl)c3)n2)CC1. The average Bonchev–Trinajstić information content (AvgIpc) is 2.60. The Balaban J connectivity index is 1.56. The molecule has 0 radical (unpaired) electrons. The third-order valence-electron chi connectivity index (χ3n) is 4.09. The summed E-state index contributed by atoms with van der Waals surface area (Å²) < 4.78 is 5.75. The van der Waals surface area contributed by atoms with Crippen LogP contribution in [0.3, 0.4) is 0 Å². The molecule has 2 heterocycles. The summed E-state index contributed by atoms with van der Waals surface area (Å²) in [5.41, 5.74) is 0.992. The van der Waals surface area contributed by atoms with Gasteiger partial charge in [-0.2, -0.15) is 4.98 Å².